The van der Waals surface area contributed by atoms with Crippen LogP contribution in [0.25, 0.3) is 0 Å². The first kappa shape index (κ1) is 17.9. The zero-order valence-corrected chi connectivity index (χ0v) is 16.2. The summed E-state index contributed by atoms with van der Waals surface area (Å²) in [7, 11) is -3.58. The Kier molecular flexibility index (Phi) is 4.77. The molecular formula is C17H22ClN5O2S. The highest BCUT2D eigenvalue weighted by atomic mass is 35.5. The molecule has 2 aromatic rings. The lowest BCUT2D eigenvalue weighted by molar-refractivity contribution is 0.307. The van der Waals surface area contributed by atoms with Crippen molar-refractivity contribution in [2.24, 2.45) is 0 Å². The number of hydrogen-bond donors (Lipinski definition) is 1. The standard InChI is InChI=1S/C17H22ClN5O2S/c1-12-3-2-4-14(16(12)18)26(24,25)22-8-5-13(6-9-22)17-21-20-15-11-19-7-10-23(15)17/h2-4,13,19H,5-11H2,1H3. The van der Waals surface area contributed by atoms with Crippen LogP contribution in [0.3, 0.4) is 0 Å². The van der Waals surface area contributed by atoms with E-state index in [4.69, 9.17) is 11.6 Å². The molecule has 4 rings (SSSR count). The number of nitrogens with one attached hydrogen (secondary N) is 1. The smallest absolute Gasteiger partial charge is 0.244 e. The number of aryl methyl sites for hydroxylation is 1. The van der Waals surface area contributed by atoms with Crippen LogP contribution in [0.15, 0.2) is 23.1 Å². The lowest BCUT2D eigenvalue weighted by atomic mass is 9.97. The molecule has 7 nitrogen and oxygen atoms in total. The second-order valence-corrected chi connectivity index (χ2v) is 9.15. The van der Waals surface area contributed by atoms with E-state index in [1.807, 2.05) is 13.0 Å². The van der Waals surface area contributed by atoms with E-state index in [1.165, 1.54) is 0 Å². The third-order valence-corrected chi connectivity index (χ3v) is 7.80. The molecule has 1 aromatic heterocycles. The summed E-state index contributed by atoms with van der Waals surface area (Å²) in [6, 6.07) is 5.13. The zero-order chi connectivity index (χ0) is 18.3. The first-order chi connectivity index (χ1) is 12.5. The van der Waals surface area contributed by atoms with Crippen molar-refractivity contribution in [1.82, 2.24) is 24.4 Å². The van der Waals surface area contributed by atoms with Gasteiger partial charge in [-0.05, 0) is 31.4 Å². The minimum absolute atomic E-state index is 0.198. The fourth-order valence-electron chi connectivity index (χ4n) is 3.73. The number of piperidine rings is 1. The Morgan fingerprint density at radius 2 is 1.96 bits per heavy atom. The van der Waals surface area contributed by atoms with E-state index in [9.17, 15) is 8.42 Å². The fourth-order valence-corrected chi connectivity index (χ4v) is 5.76. The highest BCUT2D eigenvalue weighted by Gasteiger charge is 2.33. The molecule has 1 N–H and O–H groups in total. The van der Waals surface area contributed by atoms with Gasteiger partial charge in [0, 0.05) is 32.1 Å². The van der Waals surface area contributed by atoms with Crippen LogP contribution >= 0.6 is 11.6 Å². The summed E-state index contributed by atoms with van der Waals surface area (Å²) in [5, 5.41) is 12.2. The molecule has 0 atom stereocenters. The van der Waals surface area contributed by atoms with Crippen LogP contribution in [-0.2, 0) is 23.1 Å². The lowest BCUT2D eigenvalue weighted by Crippen LogP contribution is -2.39. The Hall–Kier alpha value is -1.48. The van der Waals surface area contributed by atoms with Gasteiger partial charge in [-0.2, -0.15) is 4.31 Å². The topological polar surface area (TPSA) is 80.1 Å². The molecule has 0 saturated carbocycles. The average Bonchev–Trinajstić information content (AvgIpc) is 3.08. The monoisotopic (exact) mass is 395 g/mol. The minimum Gasteiger partial charge on any atom is -0.312 e. The van der Waals surface area contributed by atoms with E-state index in [1.54, 1.807) is 16.4 Å². The van der Waals surface area contributed by atoms with Gasteiger partial charge < -0.3 is 9.88 Å². The Bertz CT molecular complexity index is 919. The molecule has 1 aromatic carbocycles. The third-order valence-electron chi connectivity index (χ3n) is 5.24. The van der Waals surface area contributed by atoms with Crippen molar-refractivity contribution in [2.45, 2.75) is 43.7 Å². The number of fused-ring (bicyclic) bond motifs is 1. The van der Waals surface area contributed by atoms with Gasteiger partial charge in [-0.3, -0.25) is 0 Å². The van der Waals surface area contributed by atoms with Gasteiger partial charge >= 0.3 is 0 Å². The second kappa shape index (κ2) is 6.92. The molecule has 0 spiro atoms. The summed E-state index contributed by atoms with van der Waals surface area (Å²) in [6.07, 6.45) is 1.49. The predicted molar refractivity (Wildman–Crippen MR) is 98.7 cm³/mol. The first-order valence-corrected chi connectivity index (χ1v) is 10.7. The summed E-state index contributed by atoms with van der Waals surface area (Å²) in [6.45, 7) is 5.28. The van der Waals surface area contributed by atoms with Gasteiger partial charge in [-0.1, -0.05) is 23.7 Å². The molecule has 9 heteroatoms. The molecule has 0 bridgehead atoms. The largest absolute Gasteiger partial charge is 0.312 e. The van der Waals surface area contributed by atoms with Gasteiger partial charge in [0.05, 0.1) is 11.6 Å². The predicted octanol–water partition coefficient (Wildman–Crippen LogP) is 1.91. The van der Waals surface area contributed by atoms with Crippen molar-refractivity contribution in [3.63, 3.8) is 0 Å². The Morgan fingerprint density at radius 3 is 2.73 bits per heavy atom. The first-order valence-electron chi connectivity index (χ1n) is 8.86. The molecular weight excluding hydrogens is 374 g/mol. The summed E-state index contributed by atoms with van der Waals surface area (Å²) in [5.41, 5.74) is 0.770. The maximum Gasteiger partial charge on any atom is 0.244 e. The van der Waals surface area contributed by atoms with Gasteiger partial charge in [-0.15, -0.1) is 10.2 Å². The van der Waals surface area contributed by atoms with Gasteiger partial charge in [0.1, 0.15) is 16.5 Å². The van der Waals surface area contributed by atoms with Crippen LogP contribution in [-0.4, -0.2) is 47.1 Å². The van der Waals surface area contributed by atoms with E-state index >= 15 is 0 Å². The van der Waals surface area contributed by atoms with Crippen LogP contribution in [0.4, 0.5) is 0 Å². The number of nitrogens with zero attached hydrogens (tertiary/aromatic N) is 4. The average molecular weight is 396 g/mol. The molecule has 0 unspecified atom stereocenters. The zero-order valence-electron chi connectivity index (χ0n) is 14.7. The molecule has 26 heavy (non-hydrogen) atoms. The van der Waals surface area contributed by atoms with Gasteiger partial charge in [0.15, 0.2) is 0 Å². The Balaban J connectivity index is 1.51. The van der Waals surface area contributed by atoms with E-state index in [2.05, 4.69) is 20.1 Å². The van der Waals surface area contributed by atoms with Crippen LogP contribution in [0, 0.1) is 6.92 Å². The molecule has 140 valence electrons. The van der Waals surface area contributed by atoms with E-state index in [0.29, 0.717) is 18.1 Å². The summed E-state index contributed by atoms with van der Waals surface area (Å²) in [5.74, 6) is 2.20. The molecule has 2 aliphatic rings. The highest BCUT2D eigenvalue weighted by Crippen LogP contribution is 2.33. The Labute approximate surface area is 158 Å². The number of rotatable bonds is 3. The maximum absolute atomic E-state index is 13.0. The van der Waals surface area contributed by atoms with Crippen LogP contribution < -0.4 is 5.32 Å². The summed E-state index contributed by atoms with van der Waals surface area (Å²) >= 11 is 6.25. The number of sulfonamides is 1. The second-order valence-electron chi connectivity index (χ2n) is 6.87. The van der Waals surface area contributed by atoms with E-state index in [0.717, 1.165) is 49.7 Å². The molecule has 0 radical (unpaired) electrons. The number of hydrogen-bond acceptors (Lipinski definition) is 5. The molecule has 0 aliphatic carbocycles. The minimum atomic E-state index is -3.58. The van der Waals surface area contributed by atoms with Crippen molar-refractivity contribution in [3.05, 3.63) is 40.4 Å². The molecule has 1 saturated heterocycles. The van der Waals surface area contributed by atoms with Gasteiger partial charge in [0.2, 0.25) is 10.0 Å². The lowest BCUT2D eigenvalue weighted by Gasteiger charge is -2.31. The van der Waals surface area contributed by atoms with Crippen molar-refractivity contribution in [3.8, 4) is 0 Å². The SMILES string of the molecule is Cc1cccc(S(=O)(=O)N2CCC(c3nnc4n3CCNC4)CC2)c1Cl. The molecule has 2 aliphatic heterocycles. The van der Waals surface area contributed by atoms with Crippen molar-refractivity contribution < 1.29 is 8.42 Å². The third kappa shape index (κ3) is 3.05. The van der Waals surface area contributed by atoms with Gasteiger partial charge in [0.25, 0.3) is 0 Å². The molecule has 1 fully saturated rings. The van der Waals surface area contributed by atoms with Crippen molar-refractivity contribution in [2.75, 3.05) is 19.6 Å². The molecule has 3 heterocycles. The van der Waals surface area contributed by atoms with E-state index in [-0.39, 0.29) is 10.8 Å². The number of aromatic nitrogens is 3. The van der Waals surface area contributed by atoms with E-state index < -0.39 is 10.0 Å². The quantitative estimate of drug-likeness (QED) is 0.858. The van der Waals surface area contributed by atoms with Crippen LogP contribution in [0.2, 0.25) is 5.02 Å². The summed E-state index contributed by atoms with van der Waals surface area (Å²) < 4.78 is 29.7. The number of halogens is 1. The summed E-state index contributed by atoms with van der Waals surface area (Å²) in [4.78, 5) is 0.198. The Morgan fingerprint density at radius 1 is 1.19 bits per heavy atom. The number of benzene rings is 1. The highest BCUT2D eigenvalue weighted by molar-refractivity contribution is 7.89. The van der Waals surface area contributed by atoms with Crippen LogP contribution in [0.5, 0.6) is 0 Å². The van der Waals surface area contributed by atoms with Crippen molar-refractivity contribution in [1.29, 1.82) is 0 Å². The maximum atomic E-state index is 13.0. The fraction of sp³-hybridized carbons (Fsp3) is 0.529. The molecule has 0 amide bonds. The van der Waals surface area contributed by atoms with Gasteiger partial charge in [-0.25, -0.2) is 8.42 Å². The van der Waals surface area contributed by atoms with Crippen LogP contribution in [0.1, 0.15) is 36.0 Å². The normalized spacial score (nSPS) is 19.5. The van der Waals surface area contributed by atoms with Crippen molar-refractivity contribution >= 4 is 21.6 Å².